The van der Waals surface area contributed by atoms with E-state index < -0.39 is 0 Å². The van der Waals surface area contributed by atoms with E-state index in [4.69, 9.17) is 23.2 Å². The first-order valence-corrected chi connectivity index (χ1v) is 11.2. The number of thioether (sulfide) groups is 1. The number of carbonyl (C=O) groups excluding carboxylic acids is 1. The van der Waals surface area contributed by atoms with Crippen LogP contribution in [0.4, 0.5) is 5.69 Å². The summed E-state index contributed by atoms with van der Waals surface area (Å²) in [5, 5.41) is 5.67. The van der Waals surface area contributed by atoms with Crippen LogP contribution in [0.5, 0.6) is 0 Å². The Hall–Kier alpha value is -1.34. The van der Waals surface area contributed by atoms with Gasteiger partial charge in [-0.15, -0.1) is 11.3 Å². The predicted octanol–water partition coefficient (Wildman–Crippen LogP) is 5.92. The van der Waals surface area contributed by atoms with E-state index in [9.17, 15) is 4.79 Å². The molecule has 0 fully saturated rings. The summed E-state index contributed by atoms with van der Waals surface area (Å²) >= 11 is 15.5. The van der Waals surface area contributed by atoms with Gasteiger partial charge in [-0.25, -0.2) is 9.97 Å². The largest absolute Gasteiger partial charge is 0.323 e. The fraction of sp³-hybridized carbons (Fsp3) is 0.316. The van der Waals surface area contributed by atoms with Crippen LogP contribution in [0.25, 0.3) is 10.2 Å². The molecule has 4 nitrogen and oxygen atoms in total. The van der Waals surface area contributed by atoms with Gasteiger partial charge in [-0.05, 0) is 50.3 Å². The molecule has 27 heavy (non-hydrogen) atoms. The predicted molar refractivity (Wildman–Crippen MR) is 115 cm³/mol. The number of nitrogens with one attached hydrogen (secondary N) is 1. The summed E-state index contributed by atoms with van der Waals surface area (Å²) in [5.74, 6) is 0.805. The van der Waals surface area contributed by atoms with Gasteiger partial charge in [0.1, 0.15) is 15.7 Å². The number of para-hydroxylation sites is 1. The van der Waals surface area contributed by atoms with Crippen molar-refractivity contribution in [3.63, 3.8) is 0 Å². The van der Waals surface area contributed by atoms with Crippen LogP contribution in [-0.4, -0.2) is 21.6 Å². The van der Waals surface area contributed by atoms with Crippen LogP contribution in [-0.2, 0) is 17.6 Å². The number of thiophene rings is 1. The number of carbonyl (C=O) groups is 1. The molecule has 0 unspecified atom stereocenters. The average Bonchev–Trinajstić information content (AvgIpc) is 3.01. The van der Waals surface area contributed by atoms with E-state index >= 15 is 0 Å². The fourth-order valence-electron chi connectivity index (χ4n) is 3.26. The molecule has 0 saturated heterocycles. The van der Waals surface area contributed by atoms with Gasteiger partial charge >= 0.3 is 0 Å². The first kappa shape index (κ1) is 19.0. The number of hydrogen-bond acceptors (Lipinski definition) is 5. The highest BCUT2D eigenvalue weighted by Gasteiger charge is 2.21. The normalized spacial score (nSPS) is 13.6. The molecular formula is C19H17Cl2N3OS2. The SMILES string of the molecule is Cc1nc(SCC(=O)Nc2c(Cl)cccc2Cl)c2c3c(sc2n1)CCCC3. The minimum atomic E-state index is -0.163. The number of nitrogens with zero attached hydrogens (tertiary/aromatic N) is 2. The quantitative estimate of drug-likeness (QED) is 0.406. The molecular weight excluding hydrogens is 421 g/mol. The molecule has 1 N–H and O–H groups in total. The average molecular weight is 438 g/mol. The monoisotopic (exact) mass is 437 g/mol. The maximum atomic E-state index is 12.4. The van der Waals surface area contributed by atoms with Gasteiger partial charge in [0.15, 0.2) is 0 Å². The molecule has 4 rings (SSSR count). The van der Waals surface area contributed by atoms with E-state index in [1.54, 1.807) is 29.5 Å². The summed E-state index contributed by atoms with van der Waals surface area (Å²) in [6.07, 6.45) is 4.61. The molecule has 8 heteroatoms. The summed E-state index contributed by atoms with van der Waals surface area (Å²) in [7, 11) is 0. The van der Waals surface area contributed by atoms with E-state index in [0.29, 0.717) is 15.7 Å². The van der Waals surface area contributed by atoms with Crippen molar-refractivity contribution in [1.82, 2.24) is 9.97 Å². The molecule has 0 spiro atoms. The maximum Gasteiger partial charge on any atom is 0.234 e. The molecule has 1 amide bonds. The van der Waals surface area contributed by atoms with Crippen LogP contribution in [0.2, 0.25) is 10.0 Å². The minimum Gasteiger partial charge on any atom is -0.323 e. The van der Waals surface area contributed by atoms with Crippen molar-refractivity contribution in [3.8, 4) is 0 Å². The van der Waals surface area contributed by atoms with Crippen LogP contribution in [0.15, 0.2) is 23.2 Å². The first-order valence-electron chi connectivity index (χ1n) is 8.68. The lowest BCUT2D eigenvalue weighted by Gasteiger charge is -2.12. The zero-order valence-electron chi connectivity index (χ0n) is 14.6. The number of amides is 1. The standard InChI is InChI=1S/C19H17Cl2N3OS2/c1-10-22-18(16-11-5-2-3-8-14(11)27-19(16)23-10)26-9-15(25)24-17-12(20)6-4-7-13(17)21/h4,6-7H,2-3,5,8-9H2,1H3,(H,24,25). The number of aromatic nitrogens is 2. The second-order valence-corrected chi connectivity index (χ2v) is 9.26. The molecule has 2 heterocycles. The Balaban J connectivity index is 1.57. The lowest BCUT2D eigenvalue weighted by molar-refractivity contribution is -0.113. The van der Waals surface area contributed by atoms with Crippen molar-refractivity contribution in [3.05, 3.63) is 44.5 Å². The second-order valence-electron chi connectivity index (χ2n) is 6.40. The third-order valence-electron chi connectivity index (χ3n) is 4.46. The summed E-state index contributed by atoms with van der Waals surface area (Å²) < 4.78 is 0. The van der Waals surface area contributed by atoms with Crippen molar-refractivity contribution in [2.75, 3.05) is 11.1 Å². The fourth-order valence-corrected chi connectivity index (χ4v) is 6.02. The molecule has 0 atom stereocenters. The molecule has 2 aromatic heterocycles. The zero-order chi connectivity index (χ0) is 19.0. The smallest absolute Gasteiger partial charge is 0.234 e. The number of aryl methyl sites for hydroxylation is 3. The van der Waals surface area contributed by atoms with Crippen molar-refractivity contribution < 1.29 is 4.79 Å². The van der Waals surface area contributed by atoms with Crippen LogP contribution in [0.3, 0.4) is 0 Å². The van der Waals surface area contributed by atoms with Gasteiger partial charge in [0.25, 0.3) is 0 Å². The van der Waals surface area contributed by atoms with Gasteiger partial charge in [-0.1, -0.05) is 41.0 Å². The van der Waals surface area contributed by atoms with Gasteiger partial charge in [-0.2, -0.15) is 0 Å². The topological polar surface area (TPSA) is 54.9 Å². The van der Waals surface area contributed by atoms with Gasteiger partial charge in [-0.3, -0.25) is 4.79 Å². The summed E-state index contributed by atoms with van der Waals surface area (Å²) in [6.45, 7) is 1.89. The molecule has 0 saturated carbocycles. The van der Waals surface area contributed by atoms with Crippen LogP contribution in [0, 0.1) is 6.92 Å². The van der Waals surface area contributed by atoms with Crippen LogP contribution in [0.1, 0.15) is 29.1 Å². The van der Waals surface area contributed by atoms with Gasteiger partial charge in [0.05, 0.1) is 21.5 Å². The minimum absolute atomic E-state index is 0.163. The van der Waals surface area contributed by atoms with Gasteiger partial charge in [0, 0.05) is 10.3 Å². The lowest BCUT2D eigenvalue weighted by atomic mass is 9.97. The number of hydrogen-bond donors (Lipinski definition) is 1. The van der Waals surface area contributed by atoms with Crippen LogP contribution < -0.4 is 5.32 Å². The number of rotatable bonds is 4. The lowest BCUT2D eigenvalue weighted by Crippen LogP contribution is -2.15. The number of benzene rings is 1. The highest BCUT2D eigenvalue weighted by Crippen LogP contribution is 2.39. The van der Waals surface area contributed by atoms with Crippen molar-refractivity contribution in [2.24, 2.45) is 0 Å². The number of anilines is 1. The summed E-state index contributed by atoms with van der Waals surface area (Å²) in [4.78, 5) is 24.1. The molecule has 140 valence electrons. The Morgan fingerprint density at radius 2 is 1.96 bits per heavy atom. The number of fused-ring (bicyclic) bond motifs is 3. The molecule has 3 aromatic rings. The highest BCUT2D eigenvalue weighted by atomic mass is 35.5. The third kappa shape index (κ3) is 3.94. The van der Waals surface area contributed by atoms with Crippen LogP contribution >= 0.6 is 46.3 Å². The Kier molecular flexibility index (Phi) is 5.60. The first-order chi connectivity index (χ1) is 13.0. The molecule has 1 aliphatic rings. The Bertz CT molecular complexity index is 1020. The molecule has 0 radical (unpaired) electrons. The molecule has 0 bridgehead atoms. The van der Waals surface area contributed by atoms with Gasteiger partial charge < -0.3 is 5.32 Å². The van der Waals surface area contributed by atoms with Crippen molar-refractivity contribution in [1.29, 1.82) is 0 Å². The maximum absolute atomic E-state index is 12.4. The van der Waals surface area contributed by atoms with Crippen molar-refractivity contribution in [2.45, 2.75) is 37.6 Å². The number of halogens is 2. The summed E-state index contributed by atoms with van der Waals surface area (Å²) in [6, 6.07) is 5.14. The van der Waals surface area contributed by atoms with E-state index in [1.807, 2.05) is 6.92 Å². The Labute approximate surface area is 175 Å². The van der Waals surface area contributed by atoms with Crippen molar-refractivity contribution >= 4 is 68.1 Å². The van der Waals surface area contributed by atoms with E-state index in [1.165, 1.54) is 35.0 Å². The highest BCUT2D eigenvalue weighted by molar-refractivity contribution is 8.00. The second kappa shape index (κ2) is 7.95. The van der Waals surface area contributed by atoms with E-state index in [-0.39, 0.29) is 11.7 Å². The van der Waals surface area contributed by atoms with E-state index in [2.05, 4.69) is 15.3 Å². The summed E-state index contributed by atoms with van der Waals surface area (Å²) in [5.41, 5.74) is 1.82. The van der Waals surface area contributed by atoms with Gasteiger partial charge in [0.2, 0.25) is 5.91 Å². The Morgan fingerprint density at radius 1 is 1.22 bits per heavy atom. The molecule has 1 aliphatic carbocycles. The molecule has 1 aromatic carbocycles. The third-order valence-corrected chi connectivity index (χ3v) is 7.25. The molecule has 0 aliphatic heterocycles. The van der Waals surface area contributed by atoms with E-state index in [0.717, 1.165) is 33.9 Å². The Morgan fingerprint density at radius 3 is 2.74 bits per heavy atom. The zero-order valence-corrected chi connectivity index (χ0v) is 17.8.